The minimum Gasteiger partial charge on any atom is -0.463 e. The van der Waals surface area contributed by atoms with E-state index in [4.69, 9.17) is 4.74 Å². The second kappa shape index (κ2) is 8.37. The Bertz CT molecular complexity index is 860. The van der Waals surface area contributed by atoms with Crippen molar-refractivity contribution >= 4 is 38.8 Å². The van der Waals surface area contributed by atoms with E-state index in [1.807, 2.05) is 6.92 Å². The van der Waals surface area contributed by atoms with Crippen LogP contribution in [0.25, 0.3) is 0 Å². The summed E-state index contributed by atoms with van der Waals surface area (Å²) in [6, 6.07) is 6.28. The molecule has 0 atom stereocenters. The second-order valence-electron chi connectivity index (χ2n) is 5.21. The molecule has 2 rings (SSSR count). The molecular formula is C16H19N3O5S2. The van der Waals surface area contributed by atoms with Gasteiger partial charge < -0.3 is 4.74 Å². The molecule has 0 spiro atoms. The monoisotopic (exact) mass is 397 g/mol. The van der Waals surface area contributed by atoms with Crippen molar-refractivity contribution in [1.82, 2.24) is 9.73 Å². The van der Waals surface area contributed by atoms with Crippen LogP contribution in [0.3, 0.4) is 0 Å². The number of nitrogens with one attached hydrogen (secondary N) is 1. The molecule has 1 N–H and O–H groups in total. The van der Waals surface area contributed by atoms with Gasteiger partial charge in [-0.15, -0.1) is 5.10 Å². The number of aryl methyl sites for hydroxylation is 1. The van der Waals surface area contributed by atoms with Gasteiger partial charge in [-0.2, -0.15) is 13.2 Å². The first-order chi connectivity index (χ1) is 12.3. The summed E-state index contributed by atoms with van der Waals surface area (Å²) in [5, 5.41) is 4.00. The lowest BCUT2D eigenvalue weighted by atomic mass is 10.2. The number of esters is 1. The third kappa shape index (κ3) is 4.64. The molecular weight excluding hydrogens is 378 g/mol. The van der Waals surface area contributed by atoms with Crippen LogP contribution in [0.2, 0.25) is 0 Å². The first kappa shape index (κ1) is 20.0. The van der Waals surface area contributed by atoms with Crippen molar-refractivity contribution in [3.63, 3.8) is 0 Å². The van der Waals surface area contributed by atoms with Gasteiger partial charge in [0.15, 0.2) is 5.17 Å². The zero-order valence-corrected chi connectivity index (χ0v) is 16.2. The van der Waals surface area contributed by atoms with Crippen LogP contribution < -0.4 is 4.83 Å². The summed E-state index contributed by atoms with van der Waals surface area (Å²) in [4.78, 5) is 27.4. The average Bonchev–Trinajstić information content (AvgIpc) is 2.89. The number of amidine groups is 1. The van der Waals surface area contributed by atoms with Gasteiger partial charge in [-0.25, -0.2) is 4.79 Å². The fourth-order valence-corrected chi connectivity index (χ4v) is 3.86. The Labute approximate surface area is 156 Å². The molecule has 26 heavy (non-hydrogen) atoms. The highest BCUT2D eigenvalue weighted by atomic mass is 32.2. The first-order valence-electron chi connectivity index (χ1n) is 7.82. The van der Waals surface area contributed by atoms with Crippen molar-refractivity contribution in [2.75, 3.05) is 13.2 Å². The van der Waals surface area contributed by atoms with Gasteiger partial charge in [0.1, 0.15) is 0 Å². The molecule has 1 aliphatic rings. The summed E-state index contributed by atoms with van der Waals surface area (Å²) in [6.45, 7) is 5.69. The standard InChI is InChI=1S/C16H19N3O5S2/c1-4-19-15(21)13(10-14(20)24-5-2)25-16(19)17-18-26(22,23)12-8-6-11(3)7-9-12/h6-10,18H,4-5H2,1-3H3/b13-10-,17-16-. The number of thioether (sulfide) groups is 1. The number of hydrogen-bond donors (Lipinski definition) is 1. The number of hydrogen-bond acceptors (Lipinski definition) is 7. The van der Waals surface area contributed by atoms with Crippen LogP contribution in [0.5, 0.6) is 0 Å². The molecule has 1 amide bonds. The van der Waals surface area contributed by atoms with Gasteiger partial charge in [0.2, 0.25) is 0 Å². The van der Waals surface area contributed by atoms with Gasteiger partial charge in [-0.3, -0.25) is 9.69 Å². The van der Waals surface area contributed by atoms with E-state index in [-0.39, 0.29) is 28.1 Å². The molecule has 10 heteroatoms. The van der Waals surface area contributed by atoms with Gasteiger partial charge in [-0.05, 0) is 44.7 Å². The molecule has 1 aromatic rings. The highest BCUT2D eigenvalue weighted by Gasteiger charge is 2.33. The number of nitrogens with zero attached hydrogens (tertiary/aromatic N) is 2. The summed E-state index contributed by atoms with van der Waals surface area (Å²) in [5.74, 6) is -1.07. The Morgan fingerprint density at radius 2 is 1.96 bits per heavy atom. The van der Waals surface area contributed by atoms with Crippen molar-refractivity contribution in [2.45, 2.75) is 25.7 Å². The summed E-state index contributed by atoms with van der Waals surface area (Å²) in [6.07, 6.45) is 1.08. The minimum absolute atomic E-state index is 0.0621. The minimum atomic E-state index is -3.86. The predicted octanol–water partition coefficient (Wildman–Crippen LogP) is 1.59. The number of benzene rings is 1. The smallest absolute Gasteiger partial charge is 0.332 e. The van der Waals surface area contributed by atoms with E-state index in [9.17, 15) is 18.0 Å². The van der Waals surface area contributed by atoms with Crippen molar-refractivity contribution < 1.29 is 22.7 Å². The quantitative estimate of drug-likeness (QED) is 0.444. The van der Waals surface area contributed by atoms with Crippen LogP contribution in [-0.2, 0) is 24.3 Å². The lowest BCUT2D eigenvalue weighted by Crippen LogP contribution is -2.31. The third-order valence-corrected chi connectivity index (χ3v) is 5.56. The Morgan fingerprint density at radius 3 is 2.54 bits per heavy atom. The Morgan fingerprint density at radius 1 is 1.31 bits per heavy atom. The molecule has 1 heterocycles. The van der Waals surface area contributed by atoms with Crippen LogP contribution in [0, 0.1) is 6.92 Å². The zero-order valence-electron chi connectivity index (χ0n) is 14.6. The summed E-state index contributed by atoms with van der Waals surface area (Å²) >= 11 is 0.904. The largest absolute Gasteiger partial charge is 0.463 e. The van der Waals surface area contributed by atoms with Gasteiger partial charge in [-0.1, -0.05) is 17.7 Å². The third-order valence-electron chi connectivity index (χ3n) is 3.33. The van der Waals surface area contributed by atoms with E-state index in [1.54, 1.807) is 26.0 Å². The molecule has 0 saturated carbocycles. The fourth-order valence-electron chi connectivity index (χ4n) is 2.03. The number of carbonyl (C=O) groups is 2. The highest BCUT2D eigenvalue weighted by Crippen LogP contribution is 2.30. The molecule has 0 unspecified atom stereocenters. The number of carbonyl (C=O) groups excluding carboxylic acids is 2. The predicted molar refractivity (Wildman–Crippen MR) is 98.6 cm³/mol. The second-order valence-corrected chi connectivity index (χ2v) is 7.88. The molecule has 0 bridgehead atoms. The van der Waals surface area contributed by atoms with Gasteiger partial charge in [0, 0.05) is 12.6 Å². The number of hydrazone groups is 1. The van der Waals surface area contributed by atoms with E-state index in [0.29, 0.717) is 0 Å². The molecule has 1 aromatic carbocycles. The van der Waals surface area contributed by atoms with E-state index < -0.39 is 21.9 Å². The number of rotatable bonds is 6. The molecule has 0 aliphatic carbocycles. The van der Waals surface area contributed by atoms with Crippen molar-refractivity contribution in [3.05, 3.63) is 40.8 Å². The Balaban J connectivity index is 2.22. The topological polar surface area (TPSA) is 105 Å². The molecule has 1 fully saturated rings. The molecule has 0 aromatic heterocycles. The van der Waals surface area contributed by atoms with Crippen molar-refractivity contribution in [2.24, 2.45) is 5.10 Å². The molecule has 1 saturated heterocycles. The van der Waals surface area contributed by atoms with Crippen molar-refractivity contribution in [3.8, 4) is 0 Å². The van der Waals surface area contributed by atoms with E-state index in [1.165, 1.54) is 17.0 Å². The van der Waals surface area contributed by atoms with Crippen LogP contribution in [-0.4, -0.2) is 43.5 Å². The number of likely N-dealkylation sites (N-methyl/N-ethyl adjacent to an activating group) is 1. The molecule has 1 aliphatic heterocycles. The lowest BCUT2D eigenvalue weighted by molar-refractivity contribution is -0.137. The SMILES string of the molecule is CCOC(=O)/C=C1\S/C(=N\NS(=O)(=O)c2ccc(C)cc2)N(CC)C1=O. The van der Waals surface area contributed by atoms with Crippen LogP contribution in [0.4, 0.5) is 0 Å². The maximum absolute atomic E-state index is 12.3. The van der Waals surface area contributed by atoms with Crippen LogP contribution in [0.15, 0.2) is 45.2 Å². The molecule has 8 nitrogen and oxygen atoms in total. The first-order valence-corrected chi connectivity index (χ1v) is 10.1. The number of sulfonamides is 1. The van der Waals surface area contributed by atoms with E-state index in [0.717, 1.165) is 23.4 Å². The Hall–Kier alpha value is -2.33. The molecule has 140 valence electrons. The van der Waals surface area contributed by atoms with E-state index >= 15 is 0 Å². The highest BCUT2D eigenvalue weighted by molar-refractivity contribution is 8.18. The fraction of sp³-hybridized carbons (Fsp3) is 0.312. The summed E-state index contributed by atoms with van der Waals surface area (Å²) < 4.78 is 29.4. The van der Waals surface area contributed by atoms with Gasteiger partial charge in [0.05, 0.1) is 16.4 Å². The average molecular weight is 397 g/mol. The van der Waals surface area contributed by atoms with Gasteiger partial charge >= 0.3 is 5.97 Å². The Kier molecular flexibility index (Phi) is 6.43. The van der Waals surface area contributed by atoms with Crippen molar-refractivity contribution in [1.29, 1.82) is 0 Å². The van der Waals surface area contributed by atoms with Crippen LogP contribution in [0.1, 0.15) is 19.4 Å². The number of ether oxygens (including phenoxy) is 1. The maximum atomic E-state index is 12.3. The maximum Gasteiger partial charge on any atom is 0.332 e. The van der Waals surface area contributed by atoms with E-state index in [2.05, 4.69) is 9.93 Å². The lowest BCUT2D eigenvalue weighted by Gasteiger charge is -2.12. The number of amides is 1. The van der Waals surface area contributed by atoms with Crippen LogP contribution >= 0.6 is 11.8 Å². The molecule has 0 radical (unpaired) electrons. The normalized spacial score (nSPS) is 17.8. The zero-order chi connectivity index (χ0) is 19.3. The van der Waals surface area contributed by atoms with Gasteiger partial charge in [0.25, 0.3) is 15.9 Å². The summed E-state index contributed by atoms with van der Waals surface area (Å²) in [5.41, 5.74) is 0.929. The summed E-state index contributed by atoms with van der Waals surface area (Å²) in [7, 11) is -3.86.